The highest BCUT2D eigenvalue weighted by Crippen LogP contribution is 2.53. The number of hydrogen-bond donors (Lipinski definition) is 4. The molecule has 2 atom stereocenters. The molecule has 0 aromatic heterocycles. The standard InChI is InChI=1S/C19H30O8/c1-9(2)18(14(20)21,15(22)23)12-6-11(5)7-13(8-12)19(10(3)4,16(24)25)17(26)27/h9-13H,6-8H2,1-5H3,(H,20,21)(H,22,23)(H,24,25)(H,26,27). The summed E-state index contributed by atoms with van der Waals surface area (Å²) in [5, 5.41) is 39.2. The van der Waals surface area contributed by atoms with Crippen LogP contribution in [0.15, 0.2) is 0 Å². The van der Waals surface area contributed by atoms with Gasteiger partial charge >= 0.3 is 23.9 Å². The van der Waals surface area contributed by atoms with E-state index in [-0.39, 0.29) is 12.3 Å². The van der Waals surface area contributed by atoms with E-state index in [1.807, 2.05) is 0 Å². The van der Waals surface area contributed by atoms with Crippen molar-refractivity contribution in [2.75, 3.05) is 0 Å². The zero-order chi connectivity index (χ0) is 21.3. The maximum atomic E-state index is 12.1. The number of carboxylic acids is 4. The van der Waals surface area contributed by atoms with Crippen LogP contribution in [0.4, 0.5) is 0 Å². The molecule has 8 nitrogen and oxygen atoms in total. The smallest absolute Gasteiger partial charge is 0.321 e. The van der Waals surface area contributed by atoms with Crippen LogP contribution in [0.2, 0.25) is 0 Å². The van der Waals surface area contributed by atoms with Gasteiger partial charge in [0.2, 0.25) is 0 Å². The third-order valence-corrected chi connectivity index (χ3v) is 6.47. The van der Waals surface area contributed by atoms with Gasteiger partial charge in [-0.05, 0) is 48.9 Å². The number of carboxylic acid groups (broad SMARTS) is 4. The molecule has 0 spiro atoms. The van der Waals surface area contributed by atoms with Crippen LogP contribution in [0, 0.1) is 40.4 Å². The molecule has 1 aliphatic rings. The van der Waals surface area contributed by atoms with Gasteiger partial charge in [-0.1, -0.05) is 34.6 Å². The average molecular weight is 386 g/mol. The Bertz CT molecular complexity index is 541. The first-order chi connectivity index (χ1) is 12.3. The van der Waals surface area contributed by atoms with E-state index in [1.54, 1.807) is 6.92 Å². The molecule has 0 radical (unpaired) electrons. The number of rotatable bonds is 8. The number of aliphatic carboxylic acids is 4. The summed E-state index contributed by atoms with van der Waals surface area (Å²) < 4.78 is 0. The van der Waals surface area contributed by atoms with E-state index < -0.39 is 58.4 Å². The normalized spacial score (nSPS) is 24.0. The van der Waals surface area contributed by atoms with Crippen LogP contribution in [-0.2, 0) is 19.2 Å². The first kappa shape index (κ1) is 22.9. The average Bonchev–Trinajstić information content (AvgIpc) is 2.45. The van der Waals surface area contributed by atoms with Gasteiger partial charge in [-0.3, -0.25) is 19.2 Å². The molecule has 8 heteroatoms. The quantitative estimate of drug-likeness (QED) is 0.465. The molecule has 0 aliphatic heterocycles. The van der Waals surface area contributed by atoms with Gasteiger partial charge in [-0.25, -0.2) is 0 Å². The van der Waals surface area contributed by atoms with Crippen LogP contribution < -0.4 is 0 Å². The molecule has 0 saturated heterocycles. The van der Waals surface area contributed by atoms with Crippen molar-refractivity contribution in [2.45, 2.75) is 53.9 Å². The first-order valence-corrected chi connectivity index (χ1v) is 9.20. The van der Waals surface area contributed by atoms with Crippen LogP contribution in [0.5, 0.6) is 0 Å². The lowest BCUT2D eigenvalue weighted by Gasteiger charge is -2.47. The zero-order valence-electron chi connectivity index (χ0n) is 16.4. The lowest BCUT2D eigenvalue weighted by atomic mass is 9.53. The maximum Gasteiger partial charge on any atom is 0.321 e. The van der Waals surface area contributed by atoms with Gasteiger partial charge in [0.1, 0.15) is 0 Å². The maximum absolute atomic E-state index is 12.1. The second kappa shape index (κ2) is 7.86. The number of hydrogen-bond acceptors (Lipinski definition) is 4. The molecule has 0 amide bonds. The molecule has 1 rings (SSSR count). The second-order valence-electron chi connectivity index (χ2n) is 8.47. The highest BCUT2D eigenvalue weighted by molar-refractivity contribution is 6.00. The van der Waals surface area contributed by atoms with E-state index in [1.165, 1.54) is 27.7 Å². The van der Waals surface area contributed by atoms with E-state index in [0.717, 1.165) is 0 Å². The van der Waals surface area contributed by atoms with Gasteiger partial charge in [-0.15, -0.1) is 0 Å². The van der Waals surface area contributed by atoms with Crippen molar-refractivity contribution < 1.29 is 39.6 Å². The highest BCUT2D eigenvalue weighted by atomic mass is 16.4. The Labute approximate surface area is 158 Å². The summed E-state index contributed by atoms with van der Waals surface area (Å²) >= 11 is 0. The van der Waals surface area contributed by atoms with Crippen molar-refractivity contribution in [3.63, 3.8) is 0 Å². The summed E-state index contributed by atoms with van der Waals surface area (Å²) in [5.41, 5.74) is -4.18. The fourth-order valence-corrected chi connectivity index (χ4v) is 5.16. The largest absolute Gasteiger partial charge is 0.480 e. The summed E-state index contributed by atoms with van der Waals surface area (Å²) in [6, 6.07) is 0. The van der Waals surface area contributed by atoms with Crippen molar-refractivity contribution in [1.29, 1.82) is 0 Å². The van der Waals surface area contributed by atoms with Crippen molar-refractivity contribution in [3.8, 4) is 0 Å². The van der Waals surface area contributed by atoms with Crippen LogP contribution in [0.3, 0.4) is 0 Å². The Kier molecular flexibility index (Phi) is 6.67. The molecule has 0 aromatic carbocycles. The Hall–Kier alpha value is -2.12. The minimum Gasteiger partial charge on any atom is -0.480 e. The summed E-state index contributed by atoms with van der Waals surface area (Å²) in [7, 11) is 0. The zero-order valence-corrected chi connectivity index (χ0v) is 16.4. The van der Waals surface area contributed by atoms with Crippen LogP contribution >= 0.6 is 0 Å². The molecule has 154 valence electrons. The Morgan fingerprint density at radius 3 is 1.11 bits per heavy atom. The molecule has 27 heavy (non-hydrogen) atoms. The summed E-state index contributed by atoms with van der Waals surface area (Å²) in [6.07, 6.45) is 0.513. The predicted octanol–water partition coefficient (Wildman–Crippen LogP) is 2.66. The van der Waals surface area contributed by atoms with E-state index in [2.05, 4.69) is 0 Å². The van der Waals surface area contributed by atoms with Crippen LogP contribution in [0.25, 0.3) is 0 Å². The molecule has 0 bridgehead atoms. The lowest BCUT2D eigenvalue weighted by Crippen LogP contribution is -2.56. The highest BCUT2D eigenvalue weighted by Gasteiger charge is 2.62. The van der Waals surface area contributed by atoms with Gasteiger partial charge < -0.3 is 20.4 Å². The first-order valence-electron chi connectivity index (χ1n) is 9.20. The van der Waals surface area contributed by atoms with Gasteiger partial charge in [0, 0.05) is 0 Å². The molecule has 4 N–H and O–H groups in total. The third kappa shape index (κ3) is 3.41. The summed E-state index contributed by atoms with van der Waals surface area (Å²) in [4.78, 5) is 48.2. The molecule has 0 heterocycles. The molecule has 2 unspecified atom stereocenters. The SMILES string of the molecule is CC1CC(C(C(=O)O)(C(=O)O)C(C)C)CC(C(C(=O)O)(C(=O)O)C(C)C)C1. The van der Waals surface area contributed by atoms with E-state index in [9.17, 15) is 39.6 Å². The van der Waals surface area contributed by atoms with E-state index in [4.69, 9.17) is 0 Å². The Morgan fingerprint density at radius 1 is 0.667 bits per heavy atom. The summed E-state index contributed by atoms with van der Waals surface area (Å²) in [5.74, 6) is -9.28. The van der Waals surface area contributed by atoms with Crippen LogP contribution in [-0.4, -0.2) is 44.3 Å². The van der Waals surface area contributed by atoms with Crippen molar-refractivity contribution in [1.82, 2.24) is 0 Å². The summed E-state index contributed by atoms with van der Waals surface area (Å²) in [6.45, 7) is 7.84. The minimum atomic E-state index is -2.09. The van der Waals surface area contributed by atoms with E-state index in [0.29, 0.717) is 12.8 Å². The molecule has 1 aliphatic carbocycles. The van der Waals surface area contributed by atoms with E-state index >= 15 is 0 Å². The van der Waals surface area contributed by atoms with Crippen LogP contribution in [0.1, 0.15) is 53.9 Å². The number of carbonyl (C=O) groups is 4. The monoisotopic (exact) mass is 386 g/mol. The van der Waals surface area contributed by atoms with Crippen molar-refractivity contribution in [2.24, 2.45) is 40.4 Å². The third-order valence-electron chi connectivity index (χ3n) is 6.47. The second-order valence-corrected chi connectivity index (χ2v) is 8.47. The topological polar surface area (TPSA) is 149 Å². The van der Waals surface area contributed by atoms with Crippen molar-refractivity contribution in [3.05, 3.63) is 0 Å². The molecular weight excluding hydrogens is 356 g/mol. The minimum absolute atomic E-state index is 0.0715. The molecule has 1 saturated carbocycles. The Morgan fingerprint density at radius 2 is 0.926 bits per heavy atom. The van der Waals surface area contributed by atoms with Gasteiger partial charge in [0.25, 0.3) is 0 Å². The predicted molar refractivity (Wildman–Crippen MR) is 95.1 cm³/mol. The fraction of sp³-hybridized carbons (Fsp3) is 0.789. The van der Waals surface area contributed by atoms with Crippen molar-refractivity contribution >= 4 is 23.9 Å². The Balaban J connectivity index is 3.57. The molecule has 0 aromatic rings. The molecule has 1 fully saturated rings. The van der Waals surface area contributed by atoms with Gasteiger partial charge in [-0.2, -0.15) is 0 Å². The molecular formula is C19H30O8. The van der Waals surface area contributed by atoms with Gasteiger partial charge in [0.05, 0.1) is 0 Å². The fourth-order valence-electron chi connectivity index (χ4n) is 5.16. The lowest BCUT2D eigenvalue weighted by molar-refractivity contribution is -0.182. The van der Waals surface area contributed by atoms with Gasteiger partial charge in [0.15, 0.2) is 10.8 Å².